The summed E-state index contributed by atoms with van der Waals surface area (Å²) in [5, 5.41) is 0. The largest absolute Gasteiger partial charge is 0.407 e. The van der Waals surface area contributed by atoms with Crippen LogP contribution >= 0.6 is 0 Å². The molecule has 1 aliphatic heterocycles. The van der Waals surface area contributed by atoms with Crippen molar-refractivity contribution in [3.8, 4) is 0 Å². The summed E-state index contributed by atoms with van der Waals surface area (Å²) in [5.41, 5.74) is 5.15. The topological polar surface area (TPSA) is 78.6 Å². The Morgan fingerprint density at radius 3 is 2.11 bits per heavy atom. The minimum absolute atomic E-state index is 0.312. The Hall–Kier alpha value is -0.170. The minimum atomic E-state index is -3.73. The summed E-state index contributed by atoms with van der Waals surface area (Å²) in [5.74, 6) is -1.39. The first-order valence-corrected chi connectivity index (χ1v) is 3.76. The van der Waals surface area contributed by atoms with Gasteiger partial charge in [-0.1, -0.05) is 6.92 Å². The Morgan fingerprint density at radius 2 is 2.00 bits per heavy atom. The highest BCUT2D eigenvalue weighted by Gasteiger charge is 2.47. The molecular formula is C3H7NO4S. The van der Waals surface area contributed by atoms with Gasteiger partial charge in [0.15, 0.2) is 0 Å². The van der Waals surface area contributed by atoms with E-state index in [9.17, 15) is 8.42 Å². The van der Waals surface area contributed by atoms with E-state index in [1.807, 2.05) is 0 Å². The molecule has 0 aliphatic carbocycles. The molecule has 0 aromatic carbocycles. The van der Waals surface area contributed by atoms with E-state index >= 15 is 0 Å². The molecule has 0 aromatic rings. The lowest BCUT2D eigenvalue weighted by molar-refractivity contribution is -0.183. The first kappa shape index (κ1) is 6.94. The molecule has 0 spiro atoms. The van der Waals surface area contributed by atoms with E-state index in [0.717, 1.165) is 0 Å². The Labute approximate surface area is 53.1 Å². The van der Waals surface area contributed by atoms with Crippen LogP contribution in [0.15, 0.2) is 0 Å². The van der Waals surface area contributed by atoms with Crippen LogP contribution in [0.3, 0.4) is 0 Å². The summed E-state index contributed by atoms with van der Waals surface area (Å²) >= 11 is 0. The van der Waals surface area contributed by atoms with E-state index in [0.29, 0.717) is 6.42 Å². The average molecular weight is 153 g/mol. The third kappa shape index (κ3) is 1.21. The lowest BCUT2D eigenvalue weighted by atomic mass is 10.4. The molecule has 1 fully saturated rings. The highest BCUT2D eigenvalue weighted by atomic mass is 32.3. The summed E-state index contributed by atoms with van der Waals surface area (Å²) in [6.07, 6.45) is 0.312. The molecule has 6 heteroatoms. The van der Waals surface area contributed by atoms with Gasteiger partial charge in [0.05, 0.1) is 0 Å². The standard InChI is InChI=1S/C3H7NO4S/c1-2-3(4)7-9(5,6)8-3/h2,4H2,1H3. The number of hydrogen-bond acceptors (Lipinski definition) is 5. The van der Waals surface area contributed by atoms with Crippen LogP contribution in [0.25, 0.3) is 0 Å². The minimum Gasteiger partial charge on any atom is -0.278 e. The van der Waals surface area contributed by atoms with Gasteiger partial charge in [0.2, 0.25) is 0 Å². The third-order valence-electron chi connectivity index (χ3n) is 0.979. The highest BCUT2D eigenvalue weighted by molar-refractivity contribution is 7.82. The van der Waals surface area contributed by atoms with Crippen molar-refractivity contribution in [2.75, 3.05) is 0 Å². The van der Waals surface area contributed by atoms with Crippen LogP contribution in [0.4, 0.5) is 0 Å². The van der Waals surface area contributed by atoms with Crippen molar-refractivity contribution < 1.29 is 16.8 Å². The van der Waals surface area contributed by atoms with Crippen LogP contribution in [0.1, 0.15) is 13.3 Å². The maximum Gasteiger partial charge on any atom is 0.407 e. The maximum atomic E-state index is 10.1. The van der Waals surface area contributed by atoms with Gasteiger partial charge in [-0.3, -0.25) is 5.73 Å². The van der Waals surface area contributed by atoms with Gasteiger partial charge in [-0.15, -0.1) is 0 Å². The molecule has 0 atom stereocenters. The zero-order chi connectivity index (χ0) is 7.12. The van der Waals surface area contributed by atoms with Crippen molar-refractivity contribution in [1.82, 2.24) is 0 Å². The van der Waals surface area contributed by atoms with Crippen molar-refractivity contribution in [2.45, 2.75) is 19.3 Å². The molecule has 54 valence electrons. The van der Waals surface area contributed by atoms with E-state index in [2.05, 4.69) is 8.37 Å². The summed E-state index contributed by atoms with van der Waals surface area (Å²) in [4.78, 5) is 0. The van der Waals surface area contributed by atoms with Gasteiger partial charge < -0.3 is 0 Å². The lowest BCUT2D eigenvalue weighted by Gasteiger charge is -2.33. The molecule has 0 saturated carbocycles. The molecule has 0 amide bonds. The SMILES string of the molecule is CCC1(N)OS(=O)(=O)O1. The fourth-order valence-corrected chi connectivity index (χ4v) is 1.41. The van der Waals surface area contributed by atoms with Crippen LogP contribution in [0.2, 0.25) is 0 Å². The fourth-order valence-electron chi connectivity index (χ4n) is 0.470. The van der Waals surface area contributed by atoms with E-state index in [4.69, 9.17) is 5.73 Å². The summed E-state index contributed by atoms with van der Waals surface area (Å²) in [6.45, 7) is 1.66. The molecule has 2 N–H and O–H groups in total. The Bertz CT molecular complexity index is 196. The molecule has 1 saturated heterocycles. The lowest BCUT2D eigenvalue weighted by Crippen LogP contribution is -2.56. The quantitative estimate of drug-likeness (QED) is 0.539. The van der Waals surface area contributed by atoms with Gasteiger partial charge in [-0.2, -0.15) is 16.8 Å². The molecule has 0 unspecified atom stereocenters. The number of nitrogens with two attached hydrogens (primary N) is 1. The fraction of sp³-hybridized carbons (Fsp3) is 1.00. The zero-order valence-corrected chi connectivity index (χ0v) is 5.64. The number of rotatable bonds is 1. The van der Waals surface area contributed by atoms with Crippen LogP contribution in [-0.4, -0.2) is 14.3 Å². The monoisotopic (exact) mass is 153 g/mol. The van der Waals surface area contributed by atoms with Crippen LogP contribution in [-0.2, 0) is 18.8 Å². The van der Waals surface area contributed by atoms with Gasteiger partial charge >= 0.3 is 10.4 Å². The van der Waals surface area contributed by atoms with E-state index < -0.39 is 16.3 Å². The highest BCUT2D eigenvalue weighted by Crippen LogP contribution is 2.27. The Kier molecular flexibility index (Phi) is 1.28. The van der Waals surface area contributed by atoms with Crippen LogP contribution < -0.4 is 5.73 Å². The average Bonchev–Trinajstić information content (AvgIpc) is 1.61. The molecule has 0 aromatic heterocycles. The molecule has 5 nitrogen and oxygen atoms in total. The molecule has 1 aliphatic rings. The molecule has 0 radical (unpaired) electrons. The molecule has 0 bridgehead atoms. The first-order chi connectivity index (χ1) is 3.97. The second-order valence-corrected chi connectivity index (χ2v) is 2.89. The summed E-state index contributed by atoms with van der Waals surface area (Å²) in [7, 11) is -3.73. The van der Waals surface area contributed by atoms with Crippen molar-refractivity contribution in [3.63, 3.8) is 0 Å². The van der Waals surface area contributed by atoms with Crippen LogP contribution in [0, 0.1) is 0 Å². The summed E-state index contributed by atoms with van der Waals surface area (Å²) in [6, 6.07) is 0. The van der Waals surface area contributed by atoms with E-state index in [1.54, 1.807) is 6.92 Å². The predicted molar refractivity (Wildman–Crippen MR) is 28.3 cm³/mol. The Morgan fingerprint density at radius 1 is 1.56 bits per heavy atom. The second-order valence-electron chi connectivity index (χ2n) is 1.74. The predicted octanol–water partition coefficient (Wildman–Crippen LogP) is -0.699. The third-order valence-corrected chi connectivity index (χ3v) is 1.95. The molecular weight excluding hydrogens is 146 g/mol. The molecule has 1 heterocycles. The second kappa shape index (κ2) is 1.66. The van der Waals surface area contributed by atoms with Gasteiger partial charge in [-0.25, -0.2) is 0 Å². The summed E-state index contributed by atoms with van der Waals surface area (Å²) < 4.78 is 28.7. The maximum absolute atomic E-state index is 10.1. The van der Waals surface area contributed by atoms with Crippen molar-refractivity contribution in [2.24, 2.45) is 5.73 Å². The van der Waals surface area contributed by atoms with Crippen molar-refractivity contribution in [3.05, 3.63) is 0 Å². The Balaban J connectivity index is 2.61. The van der Waals surface area contributed by atoms with Crippen molar-refractivity contribution >= 4 is 10.4 Å². The van der Waals surface area contributed by atoms with Crippen molar-refractivity contribution in [1.29, 1.82) is 0 Å². The van der Waals surface area contributed by atoms with E-state index in [1.165, 1.54) is 0 Å². The molecule has 9 heavy (non-hydrogen) atoms. The van der Waals surface area contributed by atoms with Gasteiger partial charge in [-0.05, 0) is 0 Å². The zero-order valence-electron chi connectivity index (χ0n) is 4.83. The molecule has 1 rings (SSSR count). The number of hydrogen-bond donors (Lipinski definition) is 1. The van der Waals surface area contributed by atoms with Gasteiger partial charge in [0, 0.05) is 6.42 Å². The van der Waals surface area contributed by atoms with Crippen LogP contribution in [0.5, 0.6) is 0 Å². The van der Waals surface area contributed by atoms with E-state index in [-0.39, 0.29) is 0 Å². The first-order valence-electron chi connectivity index (χ1n) is 2.42. The normalized spacial score (nSPS) is 29.1. The van der Waals surface area contributed by atoms with Gasteiger partial charge in [0.1, 0.15) is 0 Å². The smallest absolute Gasteiger partial charge is 0.278 e. The van der Waals surface area contributed by atoms with Gasteiger partial charge in [0.25, 0.3) is 5.91 Å².